The van der Waals surface area contributed by atoms with E-state index in [2.05, 4.69) is 0 Å². The Kier molecular flexibility index (Phi) is 2.25. The lowest BCUT2D eigenvalue weighted by Gasteiger charge is -2.03. The second-order valence-electron chi connectivity index (χ2n) is 3.02. The van der Waals surface area contributed by atoms with Crippen molar-refractivity contribution in [3.8, 4) is 5.75 Å². The molecule has 0 aliphatic carbocycles. The van der Waals surface area contributed by atoms with Gasteiger partial charge in [-0.3, -0.25) is 4.79 Å². The molecule has 0 atom stereocenters. The van der Waals surface area contributed by atoms with Crippen LogP contribution in [0.3, 0.4) is 0 Å². The lowest BCUT2D eigenvalue weighted by atomic mass is 10.2. The Morgan fingerprint density at radius 2 is 2.07 bits per heavy atom. The molecule has 2 aromatic rings. The largest absolute Gasteiger partial charge is 0.426 e. The standard InChI is InChI=1S/C11H8O4/c1-7(12)14-9-3-2-4-10-8(9)5-6-11(13)15-10/h2-6H,1H3. The van der Waals surface area contributed by atoms with Gasteiger partial charge in [0, 0.05) is 13.0 Å². The lowest BCUT2D eigenvalue weighted by molar-refractivity contribution is -0.131. The van der Waals surface area contributed by atoms with Crippen molar-refractivity contribution in [1.29, 1.82) is 0 Å². The van der Waals surface area contributed by atoms with Gasteiger partial charge in [-0.2, -0.15) is 0 Å². The Labute approximate surface area is 85.1 Å². The van der Waals surface area contributed by atoms with E-state index in [1.807, 2.05) is 0 Å². The SMILES string of the molecule is CC(=O)Oc1cccc2oc(=O)ccc12. The van der Waals surface area contributed by atoms with E-state index in [1.165, 1.54) is 13.0 Å². The number of hydrogen-bond donors (Lipinski definition) is 0. The van der Waals surface area contributed by atoms with Gasteiger partial charge in [-0.1, -0.05) is 6.07 Å². The third-order valence-corrected chi connectivity index (χ3v) is 1.88. The monoisotopic (exact) mass is 204 g/mol. The molecule has 0 saturated carbocycles. The normalized spacial score (nSPS) is 10.2. The van der Waals surface area contributed by atoms with Crippen molar-refractivity contribution < 1.29 is 13.9 Å². The van der Waals surface area contributed by atoms with E-state index >= 15 is 0 Å². The topological polar surface area (TPSA) is 56.5 Å². The van der Waals surface area contributed by atoms with Crippen LogP contribution in [-0.4, -0.2) is 5.97 Å². The van der Waals surface area contributed by atoms with Crippen molar-refractivity contribution in [2.75, 3.05) is 0 Å². The van der Waals surface area contributed by atoms with E-state index in [0.717, 1.165) is 0 Å². The first-order valence-electron chi connectivity index (χ1n) is 4.38. The highest BCUT2D eigenvalue weighted by Crippen LogP contribution is 2.23. The summed E-state index contributed by atoms with van der Waals surface area (Å²) in [6.45, 7) is 1.32. The van der Waals surface area contributed by atoms with Gasteiger partial charge < -0.3 is 9.15 Å². The van der Waals surface area contributed by atoms with Crippen LogP contribution in [0, 0.1) is 0 Å². The van der Waals surface area contributed by atoms with Crippen molar-refractivity contribution in [2.24, 2.45) is 0 Å². The molecule has 0 saturated heterocycles. The molecule has 0 spiro atoms. The minimum Gasteiger partial charge on any atom is -0.426 e. The van der Waals surface area contributed by atoms with E-state index in [-0.39, 0.29) is 0 Å². The van der Waals surface area contributed by atoms with Crippen LogP contribution in [0.1, 0.15) is 6.92 Å². The molecule has 1 aromatic carbocycles. The number of ether oxygens (including phenoxy) is 1. The average molecular weight is 204 g/mol. The summed E-state index contributed by atoms with van der Waals surface area (Å²) in [6.07, 6.45) is 0. The van der Waals surface area contributed by atoms with Gasteiger partial charge >= 0.3 is 11.6 Å². The highest BCUT2D eigenvalue weighted by Gasteiger charge is 2.05. The molecule has 0 amide bonds. The third-order valence-electron chi connectivity index (χ3n) is 1.88. The molecule has 1 heterocycles. The molecule has 4 heteroatoms. The zero-order valence-electron chi connectivity index (χ0n) is 8.02. The first-order valence-corrected chi connectivity index (χ1v) is 4.38. The predicted molar refractivity (Wildman–Crippen MR) is 53.8 cm³/mol. The molecule has 0 unspecified atom stereocenters. The Bertz CT molecular complexity index is 568. The first kappa shape index (κ1) is 9.45. The molecule has 0 radical (unpaired) electrons. The maximum absolute atomic E-state index is 10.9. The number of carbonyl (C=O) groups excluding carboxylic acids is 1. The van der Waals surface area contributed by atoms with Crippen LogP contribution >= 0.6 is 0 Å². The Morgan fingerprint density at radius 3 is 2.80 bits per heavy atom. The summed E-state index contributed by atoms with van der Waals surface area (Å²) in [6, 6.07) is 7.80. The number of benzene rings is 1. The summed E-state index contributed by atoms with van der Waals surface area (Å²) in [5.41, 5.74) is -0.0243. The van der Waals surface area contributed by atoms with Crippen molar-refractivity contribution in [1.82, 2.24) is 0 Å². The van der Waals surface area contributed by atoms with Gasteiger partial charge in [0.15, 0.2) is 0 Å². The number of esters is 1. The molecule has 0 N–H and O–H groups in total. The van der Waals surface area contributed by atoms with Crippen LogP contribution in [0.2, 0.25) is 0 Å². The van der Waals surface area contributed by atoms with Crippen molar-refractivity contribution in [3.05, 3.63) is 40.8 Å². The predicted octanol–water partition coefficient (Wildman–Crippen LogP) is 1.72. The summed E-state index contributed by atoms with van der Waals surface area (Å²) >= 11 is 0. The zero-order chi connectivity index (χ0) is 10.8. The van der Waals surface area contributed by atoms with Gasteiger partial charge in [-0.25, -0.2) is 4.79 Å². The van der Waals surface area contributed by atoms with Crippen LogP contribution < -0.4 is 10.4 Å². The van der Waals surface area contributed by atoms with Crippen LogP contribution in [0.4, 0.5) is 0 Å². The average Bonchev–Trinajstić information content (AvgIpc) is 2.16. The minimum absolute atomic E-state index is 0.392. The first-order chi connectivity index (χ1) is 7.16. The second kappa shape index (κ2) is 3.57. The van der Waals surface area contributed by atoms with E-state index in [4.69, 9.17) is 9.15 Å². The van der Waals surface area contributed by atoms with E-state index in [1.54, 1.807) is 24.3 Å². The molecule has 0 aliphatic rings. The van der Waals surface area contributed by atoms with Crippen LogP contribution in [0.5, 0.6) is 5.75 Å². The smallest absolute Gasteiger partial charge is 0.336 e. The Balaban J connectivity index is 2.65. The fraction of sp³-hybridized carbons (Fsp3) is 0.0909. The zero-order valence-corrected chi connectivity index (χ0v) is 8.02. The summed E-state index contributed by atoms with van der Waals surface area (Å²) < 4.78 is 9.90. The number of carbonyl (C=O) groups is 1. The second-order valence-corrected chi connectivity index (χ2v) is 3.02. The molecule has 2 rings (SSSR count). The van der Waals surface area contributed by atoms with Crippen LogP contribution in [0.15, 0.2) is 39.5 Å². The highest BCUT2D eigenvalue weighted by molar-refractivity contribution is 5.85. The molecule has 1 aromatic heterocycles. The summed E-state index contributed by atoms with van der Waals surface area (Å²) in [5.74, 6) is -0.0162. The number of hydrogen-bond acceptors (Lipinski definition) is 4. The molecular formula is C11H8O4. The highest BCUT2D eigenvalue weighted by atomic mass is 16.5. The van der Waals surface area contributed by atoms with Crippen molar-refractivity contribution in [2.45, 2.75) is 6.92 Å². The van der Waals surface area contributed by atoms with Gasteiger partial charge in [0.25, 0.3) is 0 Å². The van der Waals surface area contributed by atoms with Crippen molar-refractivity contribution >= 4 is 16.9 Å². The van der Waals surface area contributed by atoms with Crippen molar-refractivity contribution in [3.63, 3.8) is 0 Å². The maximum Gasteiger partial charge on any atom is 0.336 e. The van der Waals surface area contributed by atoms with E-state index in [9.17, 15) is 9.59 Å². The van der Waals surface area contributed by atoms with Gasteiger partial charge in [0.1, 0.15) is 11.3 Å². The molecule has 4 nitrogen and oxygen atoms in total. The fourth-order valence-electron chi connectivity index (χ4n) is 1.31. The van der Waals surface area contributed by atoms with E-state index < -0.39 is 11.6 Å². The summed E-state index contributed by atoms with van der Waals surface area (Å²) in [4.78, 5) is 21.8. The molecule has 0 aliphatic heterocycles. The number of fused-ring (bicyclic) bond motifs is 1. The lowest BCUT2D eigenvalue weighted by Crippen LogP contribution is -2.02. The molecular weight excluding hydrogens is 196 g/mol. The molecule has 76 valence electrons. The Morgan fingerprint density at radius 1 is 1.27 bits per heavy atom. The molecule has 0 bridgehead atoms. The quantitative estimate of drug-likeness (QED) is 0.403. The van der Waals surface area contributed by atoms with Gasteiger partial charge in [-0.05, 0) is 18.2 Å². The fourth-order valence-corrected chi connectivity index (χ4v) is 1.31. The summed E-state index contributed by atoms with van der Waals surface area (Å²) in [7, 11) is 0. The third kappa shape index (κ3) is 1.88. The molecule has 0 fully saturated rings. The minimum atomic E-state index is -0.428. The molecule has 15 heavy (non-hydrogen) atoms. The van der Waals surface area contributed by atoms with E-state index in [0.29, 0.717) is 16.7 Å². The van der Waals surface area contributed by atoms with Gasteiger partial charge in [0.05, 0.1) is 5.39 Å². The van der Waals surface area contributed by atoms with Crippen LogP contribution in [0.25, 0.3) is 11.0 Å². The maximum atomic E-state index is 10.9. The van der Waals surface area contributed by atoms with Gasteiger partial charge in [0.2, 0.25) is 0 Å². The summed E-state index contributed by atoms with van der Waals surface area (Å²) in [5, 5.41) is 0.604. The van der Waals surface area contributed by atoms with Crippen LogP contribution in [-0.2, 0) is 4.79 Å². The number of rotatable bonds is 1. The Hall–Kier alpha value is -2.10. The van der Waals surface area contributed by atoms with Gasteiger partial charge in [-0.15, -0.1) is 0 Å².